The summed E-state index contributed by atoms with van der Waals surface area (Å²) in [6, 6.07) is 2.44. The Bertz CT molecular complexity index is 1690. The van der Waals surface area contributed by atoms with Crippen molar-refractivity contribution in [2.45, 2.75) is 49.4 Å². The minimum Gasteiger partial charge on any atom is -0.399 e. The van der Waals surface area contributed by atoms with Gasteiger partial charge in [-0.15, -0.1) is 0 Å². The maximum atomic E-state index is 13.1. The predicted molar refractivity (Wildman–Crippen MR) is 127 cm³/mol. The van der Waals surface area contributed by atoms with E-state index in [1.165, 1.54) is 0 Å². The Hall–Kier alpha value is -4.42. The third-order valence-corrected chi connectivity index (χ3v) is 6.20. The first-order valence-electron chi connectivity index (χ1n) is 12.3. The number of benzene rings is 3. The summed E-state index contributed by atoms with van der Waals surface area (Å²) in [5, 5.41) is 0. The van der Waals surface area contributed by atoms with Crippen LogP contribution in [0.5, 0.6) is 0 Å². The minimum atomic E-state index is -6.90. The summed E-state index contributed by atoms with van der Waals surface area (Å²) in [4.78, 5) is 0. The van der Waals surface area contributed by atoms with E-state index in [2.05, 4.69) is 5.73 Å². The van der Waals surface area contributed by atoms with E-state index >= 15 is 0 Å². The van der Waals surface area contributed by atoms with Crippen molar-refractivity contribution in [1.82, 2.24) is 0 Å². The van der Waals surface area contributed by atoms with Crippen molar-refractivity contribution in [3.63, 3.8) is 0 Å². The van der Waals surface area contributed by atoms with Crippen molar-refractivity contribution in [2.24, 2.45) is 0 Å². The molecule has 3 aromatic carbocycles. The number of alkyl halides is 24. The molecule has 0 atom stereocenters. The zero-order valence-corrected chi connectivity index (χ0v) is 23.7. The fourth-order valence-electron chi connectivity index (χ4n) is 4.37. The van der Waals surface area contributed by atoms with Crippen molar-refractivity contribution >= 4 is 11.4 Å². The van der Waals surface area contributed by atoms with Crippen LogP contribution in [0.2, 0.25) is 0 Å². The summed E-state index contributed by atoms with van der Waals surface area (Å²) in [7, 11) is 0. The third-order valence-electron chi connectivity index (χ3n) is 6.20. The Labute approximate surface area is 270 Å². The van der Waals surface area contributed by atoms with Crippen LogP contribution in [-0.4, -0.2) is 0 Å². The summed E-state index contributed by atoms with van der Waals surface area (Å²) in [5.74, 6) is 0. The number of nitrogens with two attached hydrogens (primary N) is 2. The first-order chi connectivity index (χ1) is 22.7. The van der Waals surface area contributed by atoms with E-state index in [1.54, 1.807) is 0 Å². The average molecular weight is 806 g/mol. The summed E-state index contributed by atoms with van der Waals surface area (Å²) < 4.78 is 309. The topological polar surface area (TPSA) is 52.0 Å². The Morgan fingerprint density at radius 3 is 0.904 bits per heavy atom. The summed E-state index contributed by atoms with van der Waals surface area (Å²) in [6.45, 7) is 0. The predicted octanol–water partition coefficient (Wildman–Crippen LogP) is 12.4. The van der Waals surface area contributed by atoms with Gasteiger partial charge in [-0.2, -0.15) is 105 Å². The highest BCUT2D eigenvalue weighted by atomic mass is 19.4. The van der Waals surface area contributed by atoms with Gasteiger partial charge in [0.25, 0.3) is 0 Å². The first kappa shape index (κ1) is 43.7. The first-order valence-corrected chi connectivity index (χ1v) is 12.3. The molecule has 292 valence electrons. The quantitative estimate of drug-likeness (QED) is 0.190. The summed E-state index contributed by atoms with van der Waals surface area (Å²) in [6.07, 6.45) is -49.0. The molecule has 0 radical (unpaired) electrons. The maximum absolute atomic E-state index is 13.1. The monoisotopic (exact) mass is 806 g/mol. The Morgan fingerprint density at radius 2 is 0.635 bits per heavy atom. The molecule has 0 amide bonds. The van der Waals surface area contributed by atoms with E-state index in [-0.39, 0.29) is 23.9 Å². The van der Waals surface area contributed by atoms with Crippen LogP contribution in [0.3, 0.4) is 0 Å². The molecule has 0 bridgehead atoms. The van der Waals surface area contributed by atoms with E-state index in [0.29, 0.717) is 6.07 Å². The van der Waals surface area contributed by atoms with Gasteiger partial charge in [0.15, 0.2) is 0 Å². The van der Waals surface area contributed by atoms with Crippen LogP contribution in [-0.2, 0) is 49.4 Å². The second-order valence-electron chi connectivity index (χ2n) is 9.87. The molecular weight excluding hydrogens is 796 g/mol. The Kier molecular flexibility index (Phi) is 11.1. The fraction of sp³-hybridized carbons (Fsp3) is 0.308. The van der Waals surface area contributed by atoms with Crippen molar-refractivity contribution in [3.05, 3.63) is 80.9 Å². The zero-order valence-electron chi connectivity index (χ0n) is 23.7. The highest BCUT2D eigenvalue weighted by Crippen LogP contribution is 2.57. The van der Waals surface area contributed by atoms with E-state index in [9.17, 15) is 105 Å². The molecule has 52 heavy (non-hydrogen) atoms. The van der Waals surface area contributed by atoms with Gasteiger partial charge in [-0.1, -0.05) is 6.07 Å². The molecule has 4 N–H and O–H groups in total. The van der Waals surface area contributed by atoms with Crippen LogP contribution in [0.1, 0.15) is 44.5 Å². The molecule has 0 aliphatic carbocycles. The van der Waals surface area contributed by atoms with Crippen molar-refractivity contribution in [2.75, 3.05) is 11.5 Å². The van der Waals surface area contributed by atoms with Crippen molar-refractivity contribution in [1.29, 1.82) is 0 Å². The number of rotatable bonds is 1. The van der Waals surface area contributed by atoms with Gasteiger partial charge in [-0.05, 0) is 41.5 Å². The minimum absolute atomic E-state index is 0.159. The number of anilines is 2. The van der Waals surface area contributed by atoms with Crippen LogP contribution in [0.25, 0.3) is 11.1 Å². The number of hydrogen-bond donors (Lipinski definition) is 2. The van der Waals surface area contributed by atoms with E-state index in [4.69, 9.17) is 5.73 Å². The number of nitrogen functional groups attached to an aromatic ring is 2. The third kappa shape index (κ3) is 9.71. The molecule has 0 saturated carbocycles. The van der Waals surface area contributed by atoms with Gasteiger partial charge in [0.05, 0.1) is 50.2 Å². The lowest BCUT2D eigenvalue weighted by atomic mass is 9.87. The molecule has 0 unspecified atom stereocenters. The molecule has 3 rings (SSSR count). The lowest BCUT2D eigenvalue weighted by molar-refractivity contribution is -0.188. The number of halogens is 24. The van der Waals surface area contributed by atoms with E-state index in [1.807, 2.05) is 0 Å². The molecule has 3 aromatic rings. The van der Waals surface area contributed by atoms with Crippen LogP contribution < -0.4 is 11.5 Å². The summed E-state index contributed by atoms with van der Waals surface area (Å²) >= 11 is 0. The van der Waals surface area contributed by atoms with Gasteiger partial charge in [0, 0.05) is 5.69 Å². The van der Waals surface area contributed by atoms with E-state index < -0.39 is 111 Å². The van der Waals surface area contributed by atoms with Crippen LogP contribution in [0.4, 0.5) is 117 Å². The van der Waals surface area contributed by atoms with Gasteiger partial charge < -0.3 is 11.5 Å². The average Bonchev–Trinajstić information content (AvgIpc) is 2.87. The zero-order chi connectivity index (χ0) is 41.2. The van der Waals surface area contributed by atoms with Gasteiger partial charge in [-0.25, -0.2) is 0 Å². The van der Waals surface area contributed by atoms with Gasteiger partial charge >= 0.3 is 49.4 Å². The molecule has 0 heterocycles. The molecule has 0 aliphatic rings. The van der Waals surface area contributed by atoms with Crippen molar-refractivity contribution in [3.8, 4) is 11.1 Å². The molecule has 0 fully saturated rings. The second kappa shape index (κ2) is 13.2. The SMILES string of the molecule is Nc1c(C(F)(F)F)c(C(F)(F)F)c(C(F)(F)F)c(C(F)(F)F)c1C(F)(F)F.Nc1ccc(-c2cc(C(F)(F)F)cc(C(F)(F)F)c2)c(C(F)(F)F)c1. The lowest BCUT2D eigenvalue weighted by Gasteiger charge is -2.29. The fourth-order valence-corrected chi connectivity index (χ4v) is 4.37. The Balaban J connectivity index is 0.000000361. The molecule has 2 nitrogen and oxygen atoms in total. The van der Waals surface area contributed by atoms with Gasteiger partial charge in [0.1, 0.15) is 0 Å². The normalized spacial score (nSPS) is 13.9. The van der Waals surface area contributed by atoms with Crippen LogP contribution in [0, 0.1) is 0 Å². The summed E-state index contributed by atoms with van der Waals surface area (Å²) in [5.41, 5.74) is -20.2. The molecule has 0 spiro atoms. The molecule has 0 aromatic heterocycles. The largest absolute Gasteiger partial charge is 0.419 e. The van der Waals surface area contributed by atoms with Crippen LogP contribution in [0.15, 0.2) is 36.4 Å². The van der Waals surface area contributed by atoms with Crippen LogP contribution >= 0.6 is 0 Å². The standard InChI is InChI=1S/C15H8F9N.C11H2F15N/c16-13(17,18)8-3-7(4-9(5-8)14(19,20)21)11-2-1-10(25)6-12(11)15(22,23)24;12-7(13,14)1-2(8(15,16)17)4(10(21,22)23)6(27)5(11(24,25)26)3(1)9(18,19)20/h1-6H,25H2;27H2. The lowest BCUT2D eigenvalue weighted by Crippen LogP contribution is -2.32. The highest BCUT2D eigenvalue weighted by Gasteiger charge is 2.60. The number of hydrogen-bond acceptors (Lipinski definition) is 2. The van der Waals surface area contributed by atoms with Gasteiger partial charge in [-0.3, -0.25) is 0 Å². The molecule has 26 heteroatoms. The second-order valence-corrected chi connectivity index (χ2v) is 9.87. The molecule has 0 aliphatic heterocycles. The smallest absolute Gasteiger partial charge is 0.399 e. The maximum Gasteiger partial charge on any atom is 0.419 e. The van der Waals surface area contributed by atoms with E-state index in [0.717, 1.165) is 12.1 Å². The van der Waals surface area contributed by atoms with Gasteiger partial charge in [0.2, 0.25) is 0 Å². The highest BCUT2D eigenvalue weighted by molar-refractivity contribution is 5.72. The van der Waals surface area contributed by atoms with Crippen molar-refractivity contribution < 1.29 is 105 Å². The molecule has 0 saturated heterocycles. The molecular formula is C26H10F24N2. The Morgan fingerprint density at radius 1 is 0.327 bits per heavy atom.